The summed E-state index contributed by atoms with van der Waals surface area (Å²) in [7, 11) is 0. The predicted molar refractivity (Wildman–Crippen MR) is 153 cm³/mol. The van der Waals surface area contributed by atoms with Gasteiger partial charge in [0.25, 0.3) is 0 Å². The van der Waals surface area contributed by atoms with Crippen LogP contribution in [0, 0.1) is 0 Å². The van der Waals surface area contributed by atoms with Crippen molar-refractivity contribution in [1.29, 1.82) is 0 Å². The van der Waals surface area contributed by atoms with Crippen LogP contribution in [0.1, 0.15) is 55.7 Å². The Kier molecular flexibility index (Phi) is 12.0. The Morgan fingerprint density at radius 2 is 1.27 bits per heavy atom. The number of rotatable bonds is 15. The number of hydrogen-bond acceptors (Lipinski definition) is 6. The average molecular weight is 547 g/mol. The van der Waals surface area contributed by atoms with Gasteiger partial charge in [-0.25, -0.2) is 4.79 Å². The van der Waals surface area contributed by atoms with Gasteiger partial charge in [-0.3, -0.25) is 9.59 Å². The molecule has 0 radical (unpaired) electrons. The average Bonchev–Trinajstić information content (AvgIpc) is 2.96. The minimum Gasteiger partial charge on any atom is -0.508 e. The number of unbranched alkanes of at least 4 members (excludes halogenated alkanes) is 3. The van der Waals surface area contributed by atoms with Gasteiger partial charge in [-0.05, 0) is 53.8 Å². The van der Waals surface area contributed by atoms with E-state index in [1.807, 2.05) is 30.3 Å². The van der Waals surface area contributed by atoms with E-state index in [0.29, 0.717) is 12.0 Å². The smallest absolute Gasteiger partial charge is 0.408 e. The summed E-state index contributed by atoms with van der Waals surface area (Å²) in [5.74, 6) is -0.409. The second-order valence-corrected chi connectivity index (χ2v) is 9.84. The van der Waals surface area contributed by atoms with Crippen LogP contribution in [0.25, 0.3) is 0 Å². The molecule has 3 aromatic carbocycles. The molecule has 0 spiro atoms. The topological polar surface area (TPSA) is 125 Å². The van der Waals surface area contributed by atoms with Crippen molar-refractivity contribution in [1.82, 2.24) is 10.6 Å². The number of hydrogen-bond donors (Lipinski definition) is 4. The maximum Gasteiger partial charge on any atom is 0.408 e. The Morgan fingerprint density at radius 3 is 1.85 bits per heavy atom. The number of nitrogens with one attached hydrogen (secondary N) is 2. The van der Waals surface area contributed by atoms with Gasteiger partial charge in [-0.1, -0.05) is 80.8 Å². The third-order valence-electron chi connectivity index (χ3n) is 6.56. The standard InChI is InChI=1S/C32H38N2O6/c1-2-3-4-8-11-30(37)28(20-23-12-16-26(35)17-13-23)33-31(38)29(21-24-14-18-27(36)19-15-24)34-32(39)40-22-25-9-6-5-7-10-25/h5-7,9-10,12-19,28-29,35-36H,2-4,8,11,20-22H2,1H3,(H,33,38)(H,34,39)/t28-,29-/m0/s1. The molecule has 0 saturated carbocycles. The summed E-state index contributed by atoms with van der Waals surface area (Å²) in [5.41, 5.74) is 2.30. The molecule has 0 heterocycles. The van der Waals surface area contributed by atoms with Crippen LogP contribution in [-0.2, 0) is 33.8 Å². The van der Waals surface area contributed by atoms with Gasteiger partial charge >= 0.3 is 6.09 Å². The first-order valence-corrected chi connectivity index (χ1v) is 13.7. The number of carbonyl (C=O) groups excluding carboxylic acids is 3. The number of alkyl carbamates (subject to hydrolysis) is 1. The molecule has 0 saturated heterocycles. The molecule has 8 nitrogen and oxygen atoms in total. The van der Waals surface area contributed by atoms with Crippen LogP contribution in [0.5, 0.6) is 11.5 Å². The molecule has 0 bridgehead atoms. The summed E-state index contributed by atoms with van der Waals surface area (Å²) < 4.78 is 5.34. The summed E-state index contributed by atoms with van der Waals surface area (Å²) >= 11 is 0. The number of carbonyl (C=O) groups is 3. The van der Waals surface area contributed by atoms with Gasteiger partial charge < -0.3 is 25.6 Å². The molecule has 8 heteroatoms. The van der Waals surface area contributed by atoms with E-state index in [0.717, 1.165) is 36.8 Å². The molecular weight excluding hydrogens is 508 g/mol. The number of amides is 2. The summed E-state index contributed by atoms with van der Waals surface area (Å²) in [5, 5.41) is 24.8. The molecule has 212 valence electrons. The Bertz CT molecular complexity index is 1210. The van der Waals surface area contributed by atoms with Crippen molar-refractivity contribution in [2.45, 2.75) is 70.6 Å². The van der Waals surface area contributed by atoms with Crippen LogP contribution in [0.15, 0.2) is 78.9 Å². The number of aromatic hydroxyl groups is 2. The van der Waals surface area contributed by atoms with Crippen LogP contribution < -0.4 is 10.6 Å². The number of ether oxygens (including phenoxy) is 1. The number of Topliss-reactive ketones (excluding diaryl/α,β-unsaturated/α-hetero) is 1. The zero-order valence-corrected chi connectivity index (χ0v) is 22.8. The van der Waals surface area contributed by atoms with Gasteiger partial charge in [0.15, 0.2) is 5.78 Å². The van der Waals surface area contributed by atoms with Gasteiger partial charge in [0.1, 0.15) is 24.1 Å². The highest BCUT2D eigenvalue weighted by Crippen LogP contribution is 2.15. The summed E-state index contributed by atoms with van der Waals surface area (Å²) in [6, 6.07) is 20.2. The molecule has 40 heavy (non-hydrogen) atoms. The van der Waals surface area contributed by atoms with Crippen molar-refractivity contribution < 1.29 is 29.3 Å². The Balaban J connectivity index is 1.74. The minimum atomic E-state index is -1.02. The van der Waals surface area contributed by atoms with E-state index in [4.69, 9.17) is 4.74 Å². The molecule has 2 amide bonds. The fourth-order valence-electron chi connectivity index (χ4n) is 4.27. The molecule has 0 unspecified atom stereocenters. The van der Waals surface area contributed by atoms with Crippen molar-refractivity contribution in [3.63, 3.8) is 0 Å². The first kappa shape index (κ1) is 30.2. The lowest BCUT2D eigenvalue weighted by Crippen LogP contribution is -2.53. The van der Waals surface area contributed by atoms with E-state index in [-0.39, 0.29) is 36.7 Å². The van der Waals surface area contributed by atoms with Crippen molar-refractivity contribution in [3.05, 3.63) is 95.6 Å². The zero-order chi connectivity index (χ0) is 28.7. The lowest BCUT2D eigenvalue weighted by molar-refractivity contribution is -0.129. The van der Waals surface area contributed by atoms with Gasteiger partial charge in [-0.15, -0.1) is 0 Å². The molecular formula is C32H38N2O6. The zero-order valence-electron chi connectivity index (χ0n) is 22.8. The second kappa shape index (κ2) is 15.9. The molecule has 3 rings (SSSR count). The summed E-state index contributed by atoms with van der Waals surface area (Å²) in [6.07, 6.45) is 3.70. The Labute approximate surface area is 235 Å². The van der Waals surface area contributed by atoms with E-state index in [2.05, 4.69) is 17.6 Å². The molecule has 2 atom stereocenters. The normalized spacial score (nSPS) is 12.2. The SMILES string of the molecule is CCCCCCC(=O)[C@H](Cc1ccc(O)cc1)NC(=O)[C@H](Cc1ccc(O)cc1)NC(=O)OCc1ccccc1. The highest BCUT2D eigenvalue weighted by Gasteiger charge is 2.27. The van der Waals surface area contributed by atoms with E-state index < -0.39 is 24.1 Å². The number of benzene rings is 3. The molecule has 4 N–H and O–H groups in total. The first-order chi connectivity index (χ1) is 19.3. The Hall–Kier alpha value is -4.33. The fourth-order valence-corrected chi connectivity index (χ4v) is 4.27. The van der Waals surface area contributed by atoms with Gasteiger partial charge in [-0.2, -0.15) is 0 Å². The second-order valence-electron chi connectivity index (χ2n) is 9.84. The summed E-state index contributed by atoms with van der Waals surface area (Å²) in [4.78, 5) is 39.4. The first-order valence-electron chi connectivity index (χ1n) is 13.7. The van der Waals surface area contributed by atoms with Gasteiger partial charge in [0.2, 0.25) is 5.91 Å². The lowest BCUT2D eigenvalue weighted by atomic mass is 9.97. The van der Waals surface area contributed by atoms with Crippen molar-refractivity contribution in [2.75, 3.05) is 0 Å². The van der Waals surface area contributed by atoms with E-state index in [9.17, 15) is 24.6 Å². The monoisotopic (exact) mass is 546 g/mol. The van der Waals surface area contributed by atoms with Crippen molar-refractivity contribution >= 4 is 17.8 Å². The van der Waals surface area contributed by atoms with Gasteiger partial charge in [0, 0.05) is 12.8 Å². The van der Waals surface area contributed by atoms with E-state index >= 15 is 0 Å². The molecule has 3 aromatic rings. The molecule has 0 aliphatic heterocycles. The van der Waals surface area contributed by atoms with Crippen LogP contribution in [0.2, 0.25) is 0 Å². The largest absolute Gasteiger partial charge is 0.508 e. The highest BCUT2D eigenvalue weighted by molar-refractivity contribution is 5.92. The summed E-state index contributed by atoms with van der Waals surface area (Å²) in [6.45, 7) is 2.14. The quantitative estimate of drug-likeness (QED) is 0.194. The predicted octanol–water partition coefficient (Wildman–Crippen LogP) is 5.20. The maximum absolute atomic E-state index is 13.5. The highest BCUT2D eigenvalue weighted by atomic mass is 16.5. The molecule has 0 aliphatic rings. The third kappa shape index (κ3) is 10.4. The van der Waals surface area contributed by atoms with Crippen molar-refractivity contribution in [3.8, 4) is 11.5 Å². The van der Waals surface area contributed by atoms with Crippen LogP contribution >= 0.6 is 0 Å². The lowest BCUT2D eigenvalue weighted by Gasteiger charge is -2.23. The van der Waals surface area contributed by atoms with Crippen molar-refractivity contribution in [2.24, 2.45) is 0 Å². The van der Waals surface area contributed by atoms with E-state index in [1.165, 1.54) is 24.3 Å². The number of phenolic OH excluding ortho intramolecular Hbond substituents is 2. The third-order valence-corrected chi connectivity index (χ3v) is 6.56. The number of phenols is 2. The van der Waals surface area contributed by atoms with Gasteiger partial charge in [0.05, 0.1) is 6.04 Å². The molecule has 0 aliphatic carbocycles. The Morgan fingerprint density at radius 1 is 0.700 bits per heavy atom. The fraction of sp³-hybridized carbons (Fsp3) is 0.344. The number of ketones is 1. The minimum absolute atomic E-state index is 0.0416. The maximum atomic E-state index is 13.5. The van der Waals surface area contributed by atoms with Crippen LogP contribution in [-0.4, -0.2) is 40.1 Å². The molecule has 0 aromatic heterocycles. The van der Waals surface area contributed by atoms with Crippen LogP contribution in [0.4, 0.5) is 4.79 Å². The van der Waals surface area contributed by atoms with E-state index in [1.54, 1.807) is 24.3 Å². The van der Waals surface area contributed by atoms with Crippen LogP contribution in [0.3, 0.4) is 0 Å². The molecule has 0 fully saturated rings.